The summed E-state index contributed by atoms with van der Waals surface area (Å²) < 4.78 is 27.0. The lowest BCUT2D eigenvalue weighted by atomic mass is 10.1. The monoisotopic (exact) mass is 583 g/mol. The summed E-state index contributed by atoms with van der Waals surface area (Å²) in [5.74, 6) is -2.00. The first-order chi connectivity index (χ1) is 20.8. The molecule has 1 fully saturated rings. The first-order valence-corrected chi connectivity index (χ1v) is 14.0. The van der Waals surface area contributed by atoms with E-state index in [-0.39, 0.29) is 17.2 Å². The van der Waals surface area contributed by atoms with E-state index >= 15 is 0 Å². The minimum absolute atomic E-state index is 0.0379. The van der Waals surface area contributed by atoms with Crippen molar-refractivity contribution < 1.29 is 13.6 Å². The van der Waals surface area contributed by atoms with E-state index in [1.165, 1.54) is 25.1 Å². The SMILES string of the molecule is CC(NC(=O)c1nc(C#N)cnc1NCc1ccc(-c2cnc(N)c(CC[C@@H]3CCCN3)n2)cc1)c1ccc(F)c(F)c1. The first kappa shape index (κ1) is 29.5. The van der Waals surface area contributed by atoms with Gasteiger partial charge in [0, 0.05) is 18.2 Å². The Labute approximate surface area is 247 Å². The maximum Gasteiger partial charge on any atom is 0.274 e. The van der Waals surface area contributed by atoms with Crippen LogP contribution < -0.4 is 21.7 Å². The molecule has 4 aromatic rings. The Hall–Kier alpha value is -5.02. The number of anilines is 2. The predicted molar refractivity (Wildman–Crippen MR) is 158 cm³/mol. The minimum Gasteiger partial charge on any atom is -0.382 e. The van der Waals surface area contributed by atoms with Crippen LogP contribution in [0.5, 0.6) is 0 Å². The predicted octanol–water partition coefficient (Wildman–Crippen LogP) is 4.45. The molecule has 43 heavy (non-hydrogen) atoms. The number of halogens is 2. The summed E-state index contributed by atoms with van der Waals surface area (Å²) in [6, 6.07) is 12.8. The van der Waals surface area contributed by atoms with Crippen molar-refractivity contribution in [2.75, 3.05) is 17.6 Å². The number of carbonyl (C=O) groups excluding carboxylic acids is 1. The fraction of sp³-hybridized carbons (Fsp3) is 0.290. The highest BCUT2D eigenvalue weighted by Gasteiger charge is 2.20. The topological polar surface area (TPSA) is 155 Å². The van der Waals surface area contributed by atoms with E-state index in [1.807, 2.05) is 30.3 Å². The van der Waals surface area contributed by atoms with Crippen LogP contribution in [0.3, 0.4) is 0 Å². The summed E-state index contributed by atoms with van der Waals surface area (Å²) in [5, 5.41) is 18.6. The number of nitrogen functional groups attached to an aromatic ring is 1. The van der Waals surface area contributed by atoms with Crippen molar-refractivity contribution in [3.05, 3.63) is 94.7 Å². The number of nitrogens with zero attached hydrogens (tertiary/aromatic N) is 5. The van der Waals surface area contributed by atoms with Crippen molar-refractivity contribution in [2.45, 2.75) is 51.2 Å². The zero-order valence-corrected chi connectivity index (χ0v) is 23.6. The van der Waals surface area contributed by atoms with Crippen LogP contribution in [0, 0.1) is 23.0 Å². The molecule has 2 aromatic carbocycles. The zero-order chi connectivity index (χ0) is 30.3. The van der Waals surface area contributed by atoms with Crippen LogP contribution in [0.1, 0.15) is 65.2 Å². The van der Waals surface area contributed by atoms with Crippen LogP contribution in [0.4, 0.5) is 20.4 Å². The molecular weight excluding hydrogens is 552 g/mol. The van der Waals surface area contributed by atoms with E-state index in [2.05, 4.69) is 30.9 Å². The molecule has 5 N–H and O–H groups in total. The lowest BCUT2D eigenvalue weighted by Gasteiger charge is -2.16. The molecule has 5 rings (SSSR count). The van der Waals surface area contributed by atoms with Crippen molar-refractivity contribution >= 4 is 17.5 Å². The molecule has 0 spiro atoms. The largest absolute Gasteiger partial charge is 0.382 e. The second-order valence-electron chi connectivity index (χ2n) is 10.4. The number of nitrogens with two attached hydrogens (primary N) is 1. The average molecular weight is 584 g/mol. The molecule has 220 valence electrons. The Morgan fingerprint density at radius 2 is 1.95 bits per heavy atom. The van der Waals surface area contributed by atoms with Gasteiger partial charge >= 0.3 is 0 Å². The van der Waals surface area contributed by atoms with E-state index in [9.17, 15) is 18.8 Å². The van der Waals surface area contributed by atoms with Crippen molar-refractivity contribution in [2.24, 2.45) is 0 Å². The molecule has 2 atom stereocenters. The Bertz CT molecular complexity index is 1650. The van der Waals surface area contributed by atoms with Gasteiger partial charge in [-0.25, -0.2) is 28.7 Å². The fourth-order valence-electron chi connectivity index (χ4n) is 4.91. The van der Waals surface area contributed by atoms with Crippen LogP contribution in [-0.4, -0.2) is 38.4 Å². The second kappa shape index (κ2) is 13.3. The lowest BCUT2D eigenvalue weighted by Crippen LogP contribution is -2.29. The molecule has 2 aromatic heterocycles. The molecule has 0 bridgehead atoms. The maximum atomic E-state index is 13.7. The Morgan fingerprint density at radius 3 is 2.67 bits per heavy atom. The van der Waals surface area contributed by atoms with Gasteiger partial charge in [0.15, 0.2) is 28.8 Å². The second-order valence-corrected chi connectivity index (χ2v) is 10.4. The van der Waals surface area contributed by atoms with Gasteiger partial charge in [0.1, 0.15) is 11.9 Å². The van der Waals surface area contributed by atoms with Gasteiger partial charge in [0.05, 0.1) is 29.8 Å². The summed E-state index contributed by atoms with van der Waals surface area (Å²) in [4.78, 5) is 30.6. The third kappa shape index (κ3) is 7.25. The number of rotatable bonds is 10. The third-order valence-electron chi connectivity index (χ3n) is 7.37. The highest BCUT2D eigenvalue weighted by atomic mass is 19.2. The number of carbonyl (C=O) groups is 1. The van der Waals surface area contributed by atoms with E-state index in [0.717, 1.165) is 54.0 Å². The van der Waals surface area contributed by atoms with Crippen molar-refractivity contribution in [3.8, 4) is 17.3 Å². The molecule has 1 aliphatic rings. The number of aromatic nitrogens is 4. The van der Waals surface area contributed by atoms with Gasteiger partial charge in [-0.2, -0.15) is 5.26 Å². The fourth-order valence-corrected chi connectivity index (χ4v) is 4.91. The molecule has 3 heterocycles. The van der Waals surface area contributed by atoms with Crippen LogP contribution in [-0.2, 0) is 13.0 Å². The number of amides is 1. The Balaban J connectivity index is 1.25. The molecular formula is C31H31F2N9O. The Kier molecular flexibility index (Phi) is 9.12. The van der Waals surface area contributed by atoms with Gasteiger partial charge in [-0.3, -0.25) is 4.79 Å². The maximum absolute atomic E-state index is 13.7. The van der Waals surface area contributed by atoms with E-state index < -0.39 is 23.6 Å². The third-order valence-corrected chi connectivity index (χ3v) is 7.37. The summed E-state index contributed by atoms with van der Waals surface area (Å²) >= 11 is 0. The average Bonchev–Trinajstić information content (AvgIpc) is 3.55. The smallest absolute Gasteiger partial charge is 0.274 e. The molecule has 0 aliphatic carbocycles. The number of aryl methyl sites for hydroxylation is 1. The number of nitriles is 1. The molecule has 10 nitrogen and oxygen atoms in total. The van der Waals surface area contributed by atoms with E-state index in [1.54, 1.807) is 13.1 Å². The normalized spacial score (nSPS) is 15.1. The van der Waals surface area contributed by atoms with Gasteiger partial charge in [-0.15, -0.1) is 0 Å². The molecule has 0 radical (unpaired) electrons. The lowest BCUT2D eigenvalue weighted by molar-refractivity contribution is 0.0935. The molecule has 12 heteroatoms. The Morgan fingerprint density at radius 1 is 1.14 bits per heavy atom. The molecule has 1 unspecified atom stereocenters. The molecule has 1 saturated heterocycles. The van der Waals surface area contributed by atoms with Crippen molar-refractivity contribution in [1.29, 1.82) is 5.26 Å². The zero-order valence-electron chi connectivity index (χ0n) is 23.6. The number of nitrogens with one attached hydrogen (secondary N) is 3. The highest BCUT2D eigenvalue weighted by Crippen LogP contribution is 2.22. The first-order valence-electron chi connectivity index (χ1n) is 14.0. The van der Waals surface area contributed by atoms with Gasteiger partial charge in [0.2, 0.25) is 0 Å². The minimum atomic E-state index is -1.01. The summed E-state index contributed by atoms with van der Waals surface area (Å²) in [6.45, 7) is 2.99. The van der Waals surface area contributed by atoms with Crippen LogP contribution in [0.15, 0.2) is 54.9 Å². The van der Waals surface area contributed by atoms with Gasteiger partial charge in [-0.05, 0) is 62.4 Å². The summed E-state index contributed by atoms with van der Waals surface area (Å²) in [7, 11) is 0. The van der Waals surface area contributed by atoms with Crippen molar-refractivity contribution in [3.63, 3.8) is 0 Å². The van der Waals surface area contributed by atoms with Crippen molar-refractivity contribution in [1.82, 2.24) is 30.6 Å². The summed E-state index contributed by atoms with van der Waals surface area (Å²) in [6.07, 6.45) is 7.01. The van der Waals surface area contributed by atoms with Gasteiger partial charge < -0.3 is 21.7 Å². The summed E-state index contributed by atoms with van der Waals surface area (Å²) in [5.41, 5.74) is 9.65. The number of hydrogen-bond donors (Lipinski definition) is 4. The molecule has 0 saturated carbocycles. The quantitative estimate of drug-likeness (QED) is 0.212. The number of hydrogen-bond acceptors (Lipinski definition) is 9. The molecule has 1 aliphatic heterocycles. The molecule has 1 amide bonds. The van der Waals surface area contributed by atoms with E-state index in [0.29, 0.717) is 24.0 Å². The standard InChI is InChI=1S/C31H31F2N9O/c1-18(21-8-10-24(32)25(33)13-21)40-31(43)28-30(39-16-23(14-34)41-28)38-15-19-4-6-20(7-5-19)27-17-37-29(35)26(42-27)11-9-22-3-2-12-36-22/h4-8,10,13,16-18,22,36H,2-3,9,11-12,15H2,1H3,(H2,35,37)(H,38,39)(H,40,43)/t18?,22-/m0/s1. The number of benzene rings is 2. The van der Waals surface area contributed by atoms with E-state index in [4.69, 9.17) is 10.7 Å². The van der Waals surface area contributed by atoms with Gasteiger partial charge in [0.25, 0.3) is 5.91 Å². The van der Waals surface area contributed by atoms with Crippen LogP contribution in [0.2, 0.25) is 0 Å². The highest BCUT2D eigenvalue weighted by molar-refractivity contribution is 5.97. The van der Waals surface area contributed by atoms with Crippen LogP contribution in [0.25, 0.3) is 11.3 Å². The van der Waals surface area contributed by atoms with Crippen LogP contribution >= 0.6 is 0 Å². The van der Waals surface area contributed by atoms with Gasteiger partial charge in [-0.1, -0.05) is 30.3 Å².